The van der Waals surface area contributed by atoms with Crippen molar-refractivity contribution in [1.29, 1.82) is 0 Å². The summed E-state index contributed by atoms with van der Waals surface area (Å²) in [6, 6.07) is 0. The van der Waals surface area contributed by atoms with Crippen LogP contribution in [0, 0.1) is 0 Å². The third-order valence-corrected chi connectivity index (χ3v) is 9.10. The van der Waals surface area contributed by atoms with Crippen molar-refractivity contribution in [3.8, 4) is 0 Å². The van der Waals surface area contributed by atoms with E-state index in [1.807, 2.05) is 0 Å². The highest BCUT2D eigenvalue weighted by Gasteiger charge is 2.59. The van der Waals surface area contributed by atoms with E-state index in [2.05, 4.69) is 33.9 Å². The number of hydrogen-bond acceptors (Lipinski definition) is 4. The Hall–Kier alpha value is 0.0569. The molecule has 3 atom stereocenters. The Labute approximate surface area is 111 Å². The SMILES string of the molecule is CO[C@H]1C[C@@]2(CO2)[C@@H](CO[Si](C)(C)C(C)(C)C)O1. The molecule has 2 aliphatic rings. The summed E-state index contributed by atoms with van der Waals surface area (Å²) in [6.45, 7) is 12.7. The average Bonchev–Trinajstić information content (AvgIpc) is 2.90. The Morgan fingerprint density at radius 3 is 2.39 bits per heavy atom. The number of ether oxygens (including phenoxy) is 3. The minimum atomic E-state index is -1.72. The van der Waals surface area contributed by atoms with Crippen molar-refractivity contribution in [1.82, 2.24) is 0 Å². The minimum absolute atomic E-state index is 0.0246. The number of rotatable bonds is 4. The lowest BCUT2D eigenvalue weighted by molar-refractivity contribution is -0.124. The van der Waals surface area contributed by atoms with Gasteiger partial charge in [0.1, 0.15) is 11.7 Å². The smallest absolute Gasteiger partial charge is 0.192 e. The van der Waals surface area contributed by atoms with Gasteiger partial charge in [0.25, 0.3) is 0 Å². The zero-order valence-electron chi connectivity index (χ0n) is 12.4. The van der Waals surface area contributed by atoms with Crippen LogP contribution in [-0.2, 0) is 18.6 Å². The Kier molecular flexibility index (Phi) is 3.66. The fourth-order valence-corrected chi connectivity index (χ4v) is 3.00. The van der Waals surface area contributed by atoms with Gasteiger partial charge < -0.3 is 18.6 Å². The van der Waals surface area contributed by atoms with E-state index in [0.717, 1.165) is 13.0 Å². The maximum Gasteiger partial charge on any atom is 0.192 e. The van der Waals surface area contributed by atoms with Gasteiger partial charge in [0.15, 0.2) is 14.6 Å². The number of hydrogen-bond donors (Lipinski definition) is 0. The van der Waals surface area contributed by atoms with Gasteiger partial charge in [-0.1, -0.05) is 20.8 Å². The van der Waals surface area contributed by atoms with Gasteiger partial charge in [0, 0.05) is 13.5 Å². The molecule has 5 heteroatoms. The van der Waals surface area contributed by atoms with Crippen LogP contribution in [0.25, 0.3) is 0 Å². The summed E-state index contributed by atoms with van der Waals surface area (Å²) in [4.78, 5) is 0. The molecule has 2 rings (SSSR count). The number of methoxy groups -OCH3 is 1. The Bertz CT molecular complexity index is 307. The molecule has 4 nitrogen and oxygen atoms in total. The minimum Gasteiger partial charge on any atom is -0.414 e. The van der Waals surface area contributed by atoms with Crippen LogP contribution in [-0.4, -0.2) is 46.6 Å². The highest BCUT2D eigenvalue weighted by molar-refractivity contribution is 6.74. The van der Waals surface area contributed by atoms with Crippen LogP contribution < -0.4 is 0 Å². The molecule has 0 N–H and O–H groups in total. The molecule has 18 heavy (non-hydrogen) atoms. The van der Waals surface area contributed by atoms with Crippen LogP contribution >= 0.6 is 0 Å². The van der Waals surface area contributed by atoms with Crippen LogP contribution in [0.3, 0.4) is 0 Å². The van der Waals surface area contributed by atoms with E-state index >= 15 is 0 Å². The zero-order valence-corrected chi connectivity index (χ0v) is 13.4. The topological polar surface area (TPSA) is 40.2 Å². The van der Waals surface area contributed by atoms with Crippen LogP contribution in [0.15, 0.2) is 0 Å². The van der Waals surface area contributed by atoms with Crippen LogP contribution in [0.5, 0.6) is 0 Å². The molecule has 106 valence electrons. The van der Waals surface area contributed by atoms with E-state index in [4.69, 9.17) is 18.6 Å². The summed E-state index contributed by atoms with van der Waals surface area (Å²) >= 11 is 0. The molecule has 0 aromatic rings. The quantitative estimate of drug-likeness (QED) is 0.583. The van der Waals surface area contributed by atoms with E-state index in [0.29, 0.717) is 6.61 Å². The summed E-state index contributed by atoms with van der Waals surface area (Å²) in [5, 5.41) is 0.226. The molecule has 0 aliphatic carbocycles. The maximum atomic E-state index is 6.22. The molecular formula is C13H26O4Si. The monoisotopic (exact) mass is 274 g/mol. The first-order chi connectivity index (χ1) is 8.20. The molecule has 0 amide bonds. The van der Waals surface area contributed by atoms with Crippen LogP contribution in [0.2, 0.25) is 18.1 Å². The Morgan fingerprint density at radius 1 is 1.33 bits per heavy atom. The van der Waals surface area contributed by atoms with Gasteiger partial charge >= 0.3 is 0 Å². The van der Waals surface area contributed by atoms with Gasteiger partial charge in [-0.15, -0.1) is 0 Å². The van der Waals surface area contributed by atoms with Crippen molar-refractivity contribution >= 4 is 8.32 Å². The molecule has 0 saturated carbocycles. The van der Waals surface area contributed by atoms with Crippen molar-refractivity contribution in [2.45, 2.75) is 63.3 Å². The van der Waals surface area contributed by atoms with E-state index in [1.165, 1.54) is 0 Å². The normalized spacial score (nSPS) is 36.3. The maximum absolute atomic E-state index is 6.22. The van der Waals surface area contributed by atoms with Gasteiger partial charge in [0.2, 0.25) is 0 Å². The van der Waals surface area contributed by atoms with Gasteiger partial charge in [-0.3, -0.25) is 0 Å². The second-order valence-electron chi connectivity index (χ2n) is 6.92. The largest absolute Gasteiger partial charge is 0.414 e. The average molecular weight is 274 g/mol. The Morgan fingerprint density at radius 2 is 1.94 bits per heavy atom. The summed E-state index contributed by atoms with van der Waals surface area (Å²) < 4.78 is 22.9. The van der Waals surface area contributed by atoms with Gasteiger partial charge in [-0.2, -0.15) is 0 Å². The molecule has 0 aromatic carbocycles. The zero-order chi connectivity index (χ0) is 13.6. The van der Waals surface area contributed by atoms with E-state index < -0.39 is 8.32 Å². The first kappa shape index (κ1) is 14.5. The predicted molar refractivity (Wildman–Crippen MR) is 72.1 cm³/mol. The summed E-state index contributed by atoms with van der Waals surface area (Å²) in [5.74, 6) is 0. The van der Waals surface area contributed by atoms with E-state index in [-0.39, 0.29) is 23.0 Å². The summed E-state index contributed by atoms with van der Waals surface area (Å²) in [6.07, 6.45) is 0.715. The van der Waals surface area contributed by atoms with Crippen molar-refractivity contribution < 1.29 is 18.6 Å². The van der Waals surface area contributed by atoms with Crippen molar-refractivity contribution in [3.05, 3.63) is 0 Å². The third-order valence-electron chi connectivity index (χ3n) is 4.59. The highest BCUT2D eigenvalue weighted by Crippen LogP contribution is 2.45. The third kappa shape index (κ3) is 2.65. The summed E-state index contributed by atoms with van der Waals surface area (Å²) in [5.41, 5.74) is -0.122. The first-order valence-electron chi connectivity index (χ1n) is 6.66. The molecule has 2 aliphatic heterocycles. The molecule has 2 fully saturated rings. The molecule has 0 aromatic heterocycles. The lowest BCUT2D eigenvalue weighted by atomic mass is 10.0. The lowest BCUT2D eigenvalue weighted by Crippen LogP contribution is -2.44. The predicted octanol–water partition coefficient (Wildman–Crippen LogP) is 2.54. The Balaban J connectivity index is 1.91. The van der Waals surface area contributed by atoms with E-state index in [1.54, 1.807) is 7.11 Å². The summed E-state index contributed by atoms with van der Waals surface area (Å²) in [7, 11) is -0.0374. The lowest BCUT2D eigenvalue weighted by Gasteiger charge is -2.37. The van der Waals surface area contributed by atoms with E-state index in [9.17, 15) is 0 Å². The fourth-order valence-electron chi connectivity index (χ4n) is 2.00. The number of epoxide rings is 1. The highest BCUT2D eigenvalue weighted by atomic mass is 28.4. The molecule has 2 saturated heterocycles. The first-order valence-corrected chi connectivity index (χ1v) is 9.57. The molecule has 0 bridgehead atoms. The van der Waals surface area contributed by atoms with Crippen molar-refractivity contribution in [2.24, 2.45) is 0 Å². The molecule has 1 spiro atoms. The van der Waals surface area contributed by atoms with Crippen LogP contribution in [0.4, 0.5) is 0 Å². The van der Waals surface area contributed by atoms with Gasteiger partial charge in [-0.25, -0.2) is 0 Å². The fraction of sp³-hybridized carbons (Fsp3) is 1.00. The van der Waals surface area contributed by atoms with Crippen molar-refractivity contribution in [2.75, 3.05) is 20.3 Å². The van der Waals surface area contributed by atoms with Crippen molar-refractivity contribution in [3.63, 3.8) is 0 Å². The molecule has 0 radical (unpaired) electrons. The standard InChI is InChI=1S/C13H26O4Si/c1-12(2,3)18(5,6)16-8-10-13(9-15-13)7-11(14-4)17-10/h10-11H,7-9H2,1-6H3/t10-,11-,13-/m1/s1. The molecule has 2 heterocycles. The van der Waals surface area contributed by atoms with Crippen LogP contribution in [0.1, 0.15) is 27.2 Å². The second kappa shape index (κ2) is 4.56. The second-order valence-corrected chi connectivity index (χ2v) is 11.7. The van der Waals surface area contributed by atoms with Gasteiger partial charge in [0.05, 0.1) is 13.2 Å². The van der Waals surface area contributed by atoms with Gasteiger partial charge in [-0.05, 0) is 18.1 Å². The molecular weight excluding hydrogens is 248 g/mol. The molecule has 0 unspecified atom stereocenters.